The number of nitrogens with zero attached hydrogens (tertiary/aromatic N) is 3. The number of fused-ring (bicyclic) bond motifs is 1. The Hall–Kier alpha value is -1.62. The number of nitrogens with one attached hydrogen (secondary N) is 1. The second-order valence-electron chi connectivity index (χ2n) is 5.05. The van der Waals surface area contributed by atoms with Crippen molar-refractivity contribution in [1.29, 1.82) is 0 Å². The maximum Gasteiger partial charge on any atom is 0.243 e. The molecule has 5 nitrogen and oxygen atoms in total. The van der Waals surface area contributed by atoms with Crippen LogP contribution in [0.25, 0.3) is 5.65 Å². The van der Waals surface area contributed by atoms with Crippen LogP contribution in [-0.4, -0.2) is 33.9 Å². The Bertz CT molecular complexity index is 535. The molecule has 19 heavy (non-hydrogen) atoms. The van der Waals surface area contributed by atoms with Crippen LogP contribution in [0.2, 0.25) is 0 Å². The van der Waals surface area contributed by atoms with Crippen molar-refractivity contribution in [2.75, 3.05) is 18.5 Å². The topological polar surface area (TPSA) is 51.5 Å². The summed E-state index contributed by atoms with van der Waals surface area (Å²) in [5.74, 6) is 1.12. The third-order valence-electron chi connectivity index (χ3n) is 3.18. The number of aromatic nitrogens is 3. The summed E-state index contributed by atoms with van der Waals surface area (Å²) in [7, 11) is 0. The molecule has 0 spiro atoms. The molecule has 2 aromatic heterocycles. The van der Waals surface area contributed by atoms with E-state index in [1.165, 1.54) is 0 Å². The van der Waals surface area contributed by atoms with E-state index >= 15 is 0 Å². The maximum atomic E-state index is 5.50. The molecule has 0 aliphatic heterocycles. The molecule has 0 fully saturated rings. The Labute approximate surface area is 114 Å². The summed E-state index contributed by atoms with van der Waals surface area (Å²) in [4.78, 5) is 4.53. The fourth-order valence-corrected chi connectivity index (χ4v) is 1.91. The van der Waals surface area contributed by atoms with Crippen molar-refractivity contribution < 1.29 is 4.74 Å². The van der Waals surface area contributed by atoms with Crippen LogP contribution in [0, 0.1) is 12.8 Å². The number of ether oxygens (including phenoxy) is 1. The summed E-state index contributed by atoms with van der Waals surface area (Å²) >= 11 is 0. The molecule has 0 bridgehead atoms. The molecular formula is C14H22N4O. The van der Waals surface area contributed by atoms with E-state index in [1.807, 2.05) is 32.2 Å². The minimum atomic E-state index is 0.220. The highest BCUT2D eigenvalue weighted by Gasteiger charge is 2.16. The zero-order chi connectivity index (χ0) is 13.8. The molecule has 0 saturated heterocycles. The van der Waals surface area contributed by atoms with Crippen molar-refractivity contribution in [3.63, 3.8) is 0 Å². The van der Waals surface area contributed by atoms with E-state index in [0.717, 1.165) is 17.8 Å². The summed E-state index contributed by atoms with van der Waals surface area (Å²) < 4.78 is 7.30. The molecule has 0 aliphatic carbocycles. The number of aryl methyl sites for hydroxylation is 1. The molecule has 5 heteroatoms. The lowest BCUT2D eigenvalue weighted by molar-refractivity contribution is 0.126. The highest BCUT2D eigenvalue weighted by Crippen LogP contribution is 2.13. The van der Waals surface area contributed by atoms with Gasteiger partial charge in [-0.3, -0.25) is 0 Å². The molecule has 2 heterocycles. The van der Waals surface area contributed by atoms with Crippen LogP contribution in [-0.2, 0) is 4.74 Å². The van der Waals surface area contributed by atoms with E-state index in [9.17, 15) is 0 Å². The lowest BCUT2D eigenvalue weighted by atomic mass is 10.1. The summed E-state index contributed by atoms with van der Waals surface area (Å²) in [6.07, 6.45) is 1.91. The first-order chi connectivity index (χ1) is 9.11. The molecule has 0 radical (unpaired) electrons. The van der Waals surface area contributed by atoms with Gasteiger partial charge in [0.2, 0.25) is 5.95 Å². The Balaban J connectivity index is 2.17. The SMILES string of the molecule is CCOCC(Nc1nc2c(C)cccn2n1)C(C)C. The van der Waals surface area contributed by atoms with Crippen molar-refractivity contribution in [2.45, 2.75) is 33.7 Å². The molecule has 0 amide bonds. The predicted octanol–water partition coefficient (Wildman–Crippen LogP) is 2.51. The second kappa shape index (κ2) is 6.02. The standard InChI is InChI=1S/C14H22N4O/c1-5-19-9-12(10(2)3)15-14-16-13-11(4)7-6-8-18(13)17-14/h6-8,10,12H,5,9H2,1-4H3,(H,15,17). The number of hydrogen-bond donors (Lipinski definition) is 1. The van der Waals surface area contributed by atoms with Gasteiger partial charge in [0, 0.05) is 12.8 Å². The molecule has 0 aromatic carbocycles. The van der Waals surface area contributed by atoms with Crippen LogP contribution in [0.3, 0.4) is 0 Å². The average Bonchev–Trinajstić information content (AvgIpc) is 2.78. The Morgan fingerprint density at radius 1 is 1.42 bits per heavy atom. The minimum Gasteiger partial charge on any atom is -0.380 e. The first kappa shape index (κ1) is 13.8. The van der Waals surface area contributed by atoms with Crippen molar-refractivity contribution in [2.24, 2.45) is 5.92 Å². The maximum absolute atomic E-state index is 5.50. The van der Waals surface area contributed by atoms with E-state index < -0.39 is 0 Å². The number of pyridine rings is 1. The summed E-state index contributed by atoms with van der Waals surface area (Å²) in [5.41, 5.74) is 2.01. The molecule has 0 saturated carbocycles. The van der Waals surface area contributed by atoms with Gasteiger partial charge in [-0.05, 0) is 31.4 Å². The summed E-state index contributed by atoms with van der Waals surface area (Å²) in [6, 6.07) is 4.23. The minimum absolute atomic E-state index is 0.220. The third-order valence-corrected chi connectivity index (χ3v) is 3.18. The first-order valence-electron chi connectivity index (χ1n) is 6.78. The Morgan fingerprint density at radius 3 is 2.84 bits per heavy atom. The van der Waals surface area contributed by atoms with Crippen LogP contribution in [0.1, 0.15) is 26.3 Å². The van der Waals surface area contributed by atoms with Gasteiger partial charge in [-0.1, -0.05) is 19.9 Å². The Kier molecular flexibility index (Phi) is 4.37. The third kappa shape index (κ3) is 3.23. The van der Waals surface area contributed by atoms with E-state index in [2.05, 4.69) is 29.2 Å². The fourth-order valence-electron chi connectivity index (χ4n) is 1.91. The lowest BCUT2D eigenvalue weighted by Crippen LogP contribution is -2.31. The van der Waals surface area contributed by atoms with Crippen LogP contribution >= 0.6 is 0 Å². The second-order valence-corrected chi connectivity index (χ2v) is 5.05. The van der Waals surface area contributed by atoms with Gasteiger partial charge in [-0.15, -0.1) is 5.10 Å². The van der Waals surface area contributed by atoms with Gasteiger partial charge in [-0.2, -0.15) is 4.98 Å². The van der Waals surface area contributed by atoms with Gasteiger partial charge in [0.1, 0.15) is 0 Å². The molecule has 2 aromatic rings. The van der Waals surface area contributed by atoms with Crippen molar-refractivity contribution in [3.05, 3.63) is 23.9 Å². The number of anilines is 1. The van der Waals surface area contributed by atoms with Crippen molar-refractivity contribution in [1.82, 2.24) is 14.6 Å². The molecule has 1 atom stereocenters. The zero-order valence-electron chi connectivity index (χ0n) is 12.1. The molecule has 1 unspecified atom stereocenters. The number of rotatable bonds is 6. The Morgan fingerprint density at radius 2 is 2.21 bits per heavy atom. The van der Waals surface area contributed by atoms with E-state index in [0.29, 0.717) is 18.5 Å². The first-order valence-corrected chi connectivity index (χ1v) is 6.78. The number of hydrogen-bond acceptors (Lipinski definition) is 4. The largest absolute Gasteiger partial charge is 0.380 e. The van der Waals surface area contributed by atoms with Crippen molar-refractivity contribution >= 4 is 11.6 Å². The highest BCUT2D eigenvalue weighted by molar-refractivity contribution is 5.50. The lowest BCUT2D eigenvalue weighted by Gasteiger charge is -2.20. The normalized spacial score (nSPS) is 13.1. The molecule has 1 N–H and O–H groups in total. The van der Waals surface area contributed by atoms with Gasteiger partial charge >= 0.3 is 0 Å². The van der Waals surface area contributed by atoms with E-state index in [1.54, 1.807) is 4.52 Å². The van der Waals surface area contributed by atoms with Crippen LogP contribution < -0.4 is 5.32 Å². The van der Waals surface area contributed by atoms with E-state index in [-0.39, 0.29) is 6.04 Å². The molecule has 0 aliphatic rings. The van der Waals surface area contributed by atoms with Crippen LogP contribution in [0.5, 0.6) is 0 Å². The van der Waals surface area contributed by atoms with Gasteiger partial charge in [-0.25, -0.2) is 4.52 Å². The average molecular weight is 262 g/mol. The predicted molar refractivity (Wildman–Crippen MR) is 76.5 cm³/mol. The summed E-state index contributed by atoms with van der Waals surface area (Å²) in [6.45, 7) is 9.76. The quantitative estimate of drug-likeness (QED) is 0.869. The van der Waals surface area contributed by atoms with E-state index in [4.69, 9.17) is 4.74 Å². The molecular weight excluding hydrogens is 240 g/mol. The van der Waals surface area contributed by atoms with Gasteiger partial charge in [0.25, 0.3) is 0 Å². The van der Waals surface area contributed by atoms with Crippen LogP contribution in [0.4, 0.5) is 5.95 Å². The molecule has 104 valence electrons. The van der Waals surface area contributed by atoms with Gasteiger partial charge < -0.3 is 10.1 Å². The van der Waals surface area contributed by atoms with Gasteiger partial charge in [0.15, 0.2) is 5.65 Å². The van der Waals surface area contributed by atoms with Gasteiger partial charge in [0.05, 0.1) is 12.6 Å². The smallest absolute Gasteiger partial charge is 0.243 e. The fraction of sp³-hybridized carbons (Fsp3) is 0.571. The zero-order valence-corrected chi connectivity index (χ0v) is 12.1. The highest BCUT2D eigenvalue weighted by atomic mass is 16.5. The summed E-state index contributed by atoms with van der Waals surface area (Å²) in [5, 5.41) is 7.80. The molecule has 2 rings (SSSR count). The van der Waals surface area contributed by atoms with Crippen LogP contribution in [0.15, 0.2) is 18.3 Å². The van der Waals surface area contributed by atoms with Crippen molar-refractivity contribution in [3.8, 4) is 0 Å². The monoisotopic (exact) mass is 262 g/mol.